The lowest BCUT2D eigenvalue weighted by molar-refractivity contribution is -0.117. The van der Waals surface area contributed by atoms with Crippen LogP contribution < -0.4 is 10.6 Å². The normalized spacial score (nSPS) is 11.2. The smallest absolute Gasteiger partial charge is 0.268 e. The first-order chi connectivity index (χ1) is 19.9. The summed E-state index contributed by atoms with van der Waals surface area (Å²) in [6, 6.07) is 26.6. The van der Waals surface area contributed by atoms with Crippen molar-refractivity contribution in [3.63, 3.8) is 0 Å². The summed E-state index contributed by atoms with van der Waals surface area (Å²) in [6.07, 6.45) is 5.00. The van der Waals surface area contributed by atoms with Crippen molar-refractivity contribution in [2.45, 2.75) is 6.54 Å². The second-order valence-corrected chi connectivity index (χ2v) is 10.2. The van der Waals surface area contributed by atoms with Gasteiger partial charge in [-0.25, -0.2) is 4.68 Å². The number of hydrogen-bond acceptors (Lipinski definition) is 4. The maximum atomic E-state index is 13.5. The number of benzene rings is 3. The van der Waals surface area contributed by atoms with Crippen molar-refractivity contribution >= 4 is 52.7 Å². The van der Waals surface area contributed by atoms with Gasteiger partial charge >= 0.3 is 0 Å². The third kappa shape index (κ3) is 7.21. The quantitative estimate of drug-likeness (QED) is 0.188. The number of carbonyl (C=O) groups is 2. The Kier molecular flexibility index (Phi) is 8.79. The van der Waals surface area contributed by atoms with Gasteiger partial charge in [0.15, 0.2) is 0 Å². The lowest BCUT2D eigenvalue weighted by Gasteiger charge is -2.12. The average molecular weight is 603 g/mol. The molecule has 0 spiro atoms. The van der Waals surface area contributed by atoms with Gasteiger partial charge < -0.3 is 10.6 Å². The number of aromatic nitrogens is 3. The Balaban J connectivity index is 1.56. The highest BCUT2D eigenvalue weighted by molar-refractivity contribution is 6.35. The molecule has 2 aromatic heterocycles. The first-order valence-corrected chi connectivity index (χ1v) is 13.6. The van der Waals surface area contributed by atoms with Crippen LogP contribution in [0.4, 0.5) is 0 Å². The summed E-state index contributed by atoms with van der Waals surface area (Å²) in [5.41, 5.74) is 3.61. The fourth-order valence-electron chi connectivity index (χ4n) is 4.00. The molecule has 204 valence electrons. The molecule has 0 radical (unpaired) electrons. The molecule has 0 atom stereocenters. The van der Waals surface area contributed by atoms with Crippen LogP contribution in [0.2, 0.25) is 15.1 Å². The Hall–Kier alpha value is -4.43. The van der Waals surface area contributed by atoms with E-state index in [0.717, 1.165) is 11.3 Å². The predicted octanol–water partition coefficient (Wildman–Crippen LogP) is 6.98. The van der Waals surface area contributed by atoms with Gasteiger partial charge in [-0.1, -0.05) is 71.2 Å². The molecule has 0 fully saturated rings. The maximum Gasteiger partial charge on any atom is 0.268 e. The molecule has 0 bridgehead atoms. The van der Waals surface area contributed by atoms with Gasteiger partial charge in [0, 0.05) is 44.2 Å². The topological polar surface area (TPSA) is 88.9 Å². The van der Waals surface area contributed by atoms with Crippen LogP contribution in [0.1, 0.15) is 21.6 Å². The van der Waals surface area contributed by atoms with Gasteiger partial charge in [0.25, 0.3) is 11.8 Å². The van der Waals surface area contributed by atoms with E-state index < -0.39 is 11.8 Å². The van der Waals surface area contributed by atoms with Crippen LogP contribution in [0.5, 0.6) is 0 Å². The molecular formula is C31H22Cl3N5O2. The van der Waals surface area contributed by atoms with Crippen molar-refractivity contribution in [3.8, 4) is 16.9 Å². The second-order valence-electron chi connectivity index (χ2n) is 8.89. The van der Waals surface area contributed by atoms with E-state index in [9.17, 15) is 9.59 Å². The van der Waals surface area contributed by atoms with Crippen molar-refractivity contribution in [1.82, 2.24) is 25.4 Å². The van der Waals surface area contributed by atoms with Crippen LogP contribution >= 0.6 is 34.8 Å². The molecule has 0 unspecified atom stereocenters. The third-order valence-electron chi connectivity index (χ3n) is 5.95. The molecule has 41 heavy (non-hydrogen) atoms. The Morgan fingerprint density at radius 3 is 2.22 bits per heavy atom. The van der Waals surface area contributed by atoms with E-state index in [4.69, 9.17) is 39.9 Å². The molecule has 0 saturated heterocycles. The first kappa shape index (κ1) is 28.1. The average Bonchev–Trinajstić information content (AvgIpc) is 3.40. The third-order valence-corrected chi connectivity index (χ3v) is 6.64. The molecule has 3 aromatic carbocycles. The molecule has 2 N–H and O–H groups in total. The van der Waals surface area contributed by atoms with Gasteiger partial charge in [-0.15, -0.1) is 0 Å². The molecule has 7 nitrogen and oxygen atoms in total. The summed E-state index contributed by atoms with van der Waals surface area (Å²) in [5, 5.41) is 11.5. The van der Waals surface area contributed by atoms with Gasteiger partial charge in [-0.05, 0) is 60.7 Å². The molecule has 10 heteroatoms. The molecule has 0 aliphatic rings. The number of hydrogen-bond donors (Lipinski definition) is 2. The molecule has 2 amide bonds. The molecule has 0 saturated carbocycles. The van der Waals surface area contributed by atoms with Crippen molar-refractivity contribution in [1.29, 1.82) is 0 Å². The van der Waals surface area contributed by atoms with Crippen LogP contribution in [0.15, 0.2) is 109 Å². The number of halogens is 3. The highest BCUT2D eigenvalue weighted by Crippen LogP contribution is 2.27. The van der Waals surface area contributed by atoms with E-state index in [2.05, 4.69) is 15.6 Å². The Bertz CT molecular complexity index is 1700. The van der Waals surface area contributed by atoms with E-state index in [1.54, 1.807) is 47.4 Å². The molecule has 0 aliphatic heterocycles. The summed E-state index contributed by atoms with van der Waals surface area (Å²) < 4.78 is 1.71. The van der Waals surface area contributed by atoms with Gasteiger partial charge in [0.05, 0.1) is 17.9 Å². The zero-order valence-corrected chi connectivity index (χ0v) is 23.7. The Labute approximate surface area is 251 Å². The number of amides is 2. The van der Waals surface area contributed by atoms with Crippen molar-refractivity contribution < 1.29 is 9.59 Å². The maximum absolute atomic E-state index is 13.5. The van der Waals surface area contributed by atoms with E-state index in [-0.39, 0.29) is 17.8 Å². The number of rotatable bonds is 8. The number of para-hydroxylation sites is 1. The molecule has 0 aliphatic carbocycles. The largest absolute Gasteiger partial charge is 0.345 e. The van der Waals surface area contributed by atoms with Crippen molar-refractivity contribution in [2.75, 3.05) is 0 Å². The summed E-state index contributed by atoms with van der Waals surface area (Å²) in [6.45, 7) is 0.156. The molecule has 5 aromatic rings. The van der Waals surface area contributed by atoms with E-state index >= 15 is 0 Å². The number of carbonyl (C=O) groups excluding carboxylic acids is 2. The Morgan fingerprint density at radius 2 is 1.54 bits per heavy atom. The van der Waals surface area contributed by atoms with Gasteiger partial charge in [0.1, 0.15) is 11.4 Å². The van der Waals surface area contributed by atoms with Crippen LogP contribution in [0, 0.1) is 0 Å². The fourth-order valence-corrected chi connectivity index (χ4v) is 4.65. The highest BCUT2D eigenvalue weighted by Gasteiger charge is 2.19. The summed E-state index contributed by atoms with van der Waals surface area (Å²) >= 11 is 18.4. The first-order valence-electron chi connectivity index (χ1n) is 12.4. The SMILES string of the molecule is O=C(NCc1ccccn1)C(=Cc1cn(-c2ccccc2)nc1-c1ccc(Cl)cc1)NC(=O)c1cc(Cl)cc(Cl)c1. The lowest BCUT2D eigenvalue weighted by Crippen LogP contribution is -2.34. The monoisotopic (exact) mass is 601 g/mol. The zero-order chi connectivity index (χ0) is 28.8. The standard InChI is InChI=1S/C31H22Cl3N5O2/c32-23-11-9-20(10-12-23)29-22(19-39(38-29)27-7-2-1-3-8-27)16-28(31(41)36-18-26-6-4-5-13-35-26)37-30(40)21-14-24(33)17-25(34)15-21/h1-17,19H,18H2,(H,36,41)(H,37,40). The molecular weight excluding hydrogens is 581 g/mol. The summed E-state index contributed by atoms with van der Waals surface area (Å²) in [7, 11) is 0. The number of nitrogens with zero attached hydrogens (tertiary/aromatic N) is 3. The van der Waals surface area contributed by atoms with Crippen LogP contribution in [0.3, 0.4) is 0 Å². The predicted molar refractivity (Wildman–Crippen MR) is 162 cm³/mol. The van der Waals surface area contributed by atoms with Crippen LogP contribution in [-0.4, -0.2) is 26.6 Å². The van der Waals surface area contributed by atoms with Crippen molar-refractivity contribution in [2.24, 2.45) is 0 Å². The Morgan fingerprint density at radius 1 is 0.829 bits per heavy atom. The van der Waals surface area contributed by atoms with Gasteiger partial charge in [0.2, 0.25) is 0 Å². The number of nitrogens with one attached hydrogen (secondary N) is 2. The number of pyridine rings is 1. The van der Waals surface area contributed by atoms with E-state index in [0.29, 0.717) is 32.0 Å². The molecule has 2 heterocycles. The fraction of sp³-hybridized carbons (Fsp3) is 0.0323. The highest BCUT2D eigenvalue weighted by atomic mass is 35.5. The minimum atomic E-state index is -0.558. The summed E-state index contributed by atoms with van der Waals surface area (Å²) in [5.74, 6) is -1.08. The minimum absolute atomic E-state index is 0.00939. The second kappa shape index (κ2) is 12.8. The summed E-state index contributed by atoms with van der Waals surface area (Å²) in [4.78, 5) is 31.0. The van der Waals surface area contributed by atoms with Crippen LogP contribution in [-0.2, 0) is 11.3 Å². The van der Waals surface area contributed by atoms with E-state index in [1.807, 2.05) is 48.5 Å². The molecule has 5 rings (SSSR count). The van der Waals surface area contributed by atoms with E-state index in [1.165, 1.54) is 18.2 Å². The minimum Gasteiger partial charge on any atom is -0.345 e. The van der Waals surface area contributed by atoms with Gasteiger partial charge in [-0.2, -0.15) is 5.10 Å². The zero-order valence-electron chi connectivity index (χ0n) is 21.4. The van der Waals surface area contributed by atoms with Crippen LogP contribution in [0.25, 0.3) is 23.0 Å². The van der Waals surface area contributed by atoms with Crippen molar-refractivity contribution in [3.05, 3.63) is 141 Å². The lowest BCUT2D eigenvalue weighted by atomic mass is 10.1. The van der Waals surface area contributed by atoms with Gasteiger partial charge in [-0.3, -0.25) is 14.6 Å².